The molecule has 0 spiro atoms. The zero-order valence-corrected chi connectivity index (χ0v) is 8.13. The first-order valence-corrected chi connectivity index (χ1v) is 4.02. The van der Waals surface area contributed by atoms with Gasteiger partial charge in [-0.15, -0.1) is 0 Å². The van der Waals surface area contributed by atoms with Crippen LogP contribution in [0.3, 0.4) is 0 Å². The molecular formula is C10H13FN2. The summed E-state index contributed by atoms with van der Waals surface area (Å²) in [6.45, 7) is 5.37. The van der Waals surface area contributed by atoms with Gasteiger partial charge in [0.2, 0.25) is 0 Å². The number of rotatable bonds is 2. The van der Waals surface area contributed by atoms with E-state index in [1.54, 1.807) is 13.0 Å². The summed E-state index contributed by atoms with van der Waals surface area (Å²) in [4.78, 5) is 5.83. The minimum absolute atomic E-state index is 0.291. The van der Waals surface area contributed by atoms with Gasteiger partial charge in [-0.05, 0) is 12.5 Å². The number of pyridine rings is 1. The molecule has 3 heteroatoms. The van der Waals surface area contributed by atoms with Gasteiger partial charge in [0.15, 0.2) is 0 Å². The van der Waals surface area contributed by atoms with E-state index in [9.17, 15) is 4.39 Å². The molecule has 0 aliphatic heterocycles. The average Bonchev–Trinajstić information content (AvgIpc) is 2.09. The molecule has 0 aliphatic carbocycles. The molecular weight excluding hydrogens is 167 g/mol. The Morgan fingerprint density at radius 1 is 1.54 bits per heavy atom. The molecule has 0 aliphatic rings. The summed E-state index contributed by atoms with van der Waals surface area (Å²) in [5.74, 6) is 0.453. The molecule has 13 heavy (non-hydrogen) atoms. The molecule has 1 aromatic heterocycles. The van der Waals surface area contributed by atoms with Crippen molar-refractivity contribution in [3.63, 3.8) is 0 Å². The maximum Gasteiger partial charge on any atom is 0.145 e. The Bertz CT molecular complexity index is 332. The van der Waals surface area contributed by atoms with Crippen LogP contribution in [-0.2, 0) is 0 Å². The molecule has 0 atom stereocenters. The van der Waals surface area contributed by atoms with E-state index < -0.39 is 0 Å². The first kappa shape index (κ1) is 9.71. The lowest BCUT2D eigenvalue weighted by molar-refractivity contribution is 0.611. The number of hydrogen-bond acceptors (Lipinski definition) is 2. The van der Waals surface area contributed by atoms with Crippen LogP contribution < -0.4 is 4.90 Å². The third kappa shape index (κ3) is 1.69. The van der Waals surface area contributed by atoms with Gasteiger partial charge in [-0.1, -0.05) is 12.7 Å². The zero-order valence-electron chi connectivity index (χ0n) is 8.13. The lowest BCUT2D eigenvalue weighted by atomic mass is 10.1. The van der Waals surface area contributed by atoms with Gasteiger partial charge in [-0.2, -0.15) is 0 Å². The highest BCUT2D eigenvalue weighted by Gasteiger charge is 2.09. The molecule has 0 unspecified atom stereocenters. The van der Waals surface area contributed by atoms with Crippen molar-refractivity contribution in [3.8, 4) is 0 Å². The molecule has 1 rings (SSSR count). The van der Waals surface area contributed by atoms with Crippen molar-refractivity contribution < 1.29 is 4.39 Å². The Kier molecular flexibility index (Phi) is 2.66. The molecule has 1 aromatic rings. The molecule has 70 valence electrons. The van der Waals surface area contributed by atoms with Gasteiger partial charge in [0, 0.05) is 19.7 Å². The van der Waals surface area contributed by atoms with Gasteiger partial charge >= 0.3 is 0 Å². The van der Waals surface area contributed by atoms with Crippen molar-refractivity contribution in [2.45, 2.75) is 6.92 Å². The topological polar surface area (TPSA) is 16.1 Å². The molecule has 0 aromatic carbocycles. The fourth-order valence-corrected chi connectivity index (χ4v) is 1.18. The van der Waals surface area contributed by atoms with Crippen molar-refractivity contribution in [1.29, 1.82) is 0 Å². The fourth-order valence-electron chi connectivity index (χ4n) is 1.18. The summed E-state index contributed by atoms with van der Waals surface area (Å²) in [7, 11) is 3.74. The summed E-state index contributed by atoms with van der Waals surface area (Å²) >= 11 is 0. The predicted octanol–water partition coefficient (Wildman–Crippen LogP) is 2.24. The molecule has 0 N–H and O–H groups in total. The maximum absolute atomic E-state index is 13.1. The molecule has 0 bridgehead atoms. The van der Waals surface area contributed by atoms with Crippen LogP contribution in [0.4, 0.5) is 10.2 Å². The van der Waals surface area contributed by atoms with Gasteiger partial charge in [-0.3, -0.25) is 0 Å². The van der Waals surface area contributed by atoms with E-state index in [1.165, 1.54) is 6.20 Å². The minimum atomic E-state index is -0.291. The Morgan fingerprint density at radius 2 is 2.15 bits per heavy atom. The third-order valence-electron chi connectivity index (χ3n) is 1.93. The summed E-state index contributed by atoms with van der Waals surface area (Å²) in [5, 5.41) is 0. The molecule has 2 nitrogen and oxygen atoms in total. The Hall–Kier alpha value is -1.38. The standard InChI is InChI=1S/C10H13FN2/c1-5-8-7(2)9(11)6-12-10(8)13(3)4/h5-6H,1H2,2-4H3. The van der Waals surface area contributed by atoms with Crippen LogP contribution >= 0.6 is 0 Å². The second kappa shape index (κ2) is 3.56. The fraction of sp³-hybridized carbons (Fsp3) is 0.300. The Labute approximate surface area is 77.7 Å². The Balaban J connectivity index is 3.38. The van der Waals surface area contributed by atoms with Crippen molar-refractivity contribution in [2.24, 2.45) is 0 Å². The first-order valence-electron chi connectivity index (χ1n) is 4.02. The van der Waals surface area contributed by atoms with Gasteiger partial charge in [-0.25, -0.2) is 9.37 Å². The highest BCUT2D eigenvalue weighted by atomic mass is 19.1. The van der Waals surface area contributed by atoms with Crippen LogP contribution in [0.2, 0.25) is 0 Å². The minimum Gasteiger partial charge on any atom is -0.362 e. The SMILES string of the molecule is C=Cc1c(N(C)C)ncc(F)c1C. The van der Waals surface area contributed by atoms with Crippen molar-refractivity contribution in [1.82, 2.24) is 4.98 Å². The second-order valence-corrected chi connectivity index (χ2v) is 3.07. The van der Waals surface area contributed by atoms with Crippen LogP contribution in [0.25, 0.3) is 6.08 Å². The summed E-state index contributed by atoms with van der Waals surface area (Å²) in [6, 6.07) is 0. The van der Waals surface area contributed by atoms with Crippen LogP contribution in [0.15, 0.2) is 12.8 Å². The molecule has 0 radical (unpaired) electrons. The largest absolute Gasteiger partial charge is 0.362 e. The smallest absolute Gasteiger partial charge is 0.145 e. The number of hydrogen-bond donors (Lipinski definition) is 0. The average molecular weight is 180 g/mol. The highest BCUT2D eigenvalue weighted by Crippen LogP contribution is 2.22. The summed E-state index contributed by atoms with van der Waals surface area (Å²) in [6.07, 6.45) is 2.86. The van der Waals surface area contributed by atoms with E-state index in [0.717, 1.165) is 11.4 Å². The van der Waals surface area contributed by atoms with Crippen LogP contribution in [0, 0.1) is 12.7 Å². The van der Waals surface area contributed by atoms with Crippen molar-refractivity contribution in [2.75, 3.05) is 19.0 Å². The predicted molar refractivity (Wildman–Crippen MR) is 53.4 cm³/mol. The van der Waals surface area contributed by atoms with Gasteiger partial charge in [0.25, 0.3) is 0 Å². The lowest BCUT2D eigenvalue weighted by Crippen LogP contribution is -2.13. The van der Waals surface area contributed by atoms with Crippen LogP contribution in [0.5, 0.6) is 0 Å². The zero-order chi connectivity index (χ0) is 10.0. The third-order valence-corrected chi connectivity index (χ3v) is 1.93. The molecule has 0 amide bonds. The number of halogens is 1. The first-order chi connectivity index (χ1) is 6.07. The highest BCUT2D eigenvalue weighted by molar-refractivity contribution is 5.65. The summed E-state index contributed by atoms with van der Waals surface area (Å²) < 4.78 is 13.1. The number of aromatic nitrogens is 1. The van der Waals surface area contributed by atoms with E-state index in [1.807, 2.05) is 19.0 Å². The van der Waals surface area contributed by atoms with Crippen LogP contribution in [-0.4, -0.2) is 19.1 Å². The normalized spacial score (nSPS) is 9.85. The monoisotopic (exact) mass is 180 g/mol. The van der Waals surface area contributed by atoms with Gasteiger partial charge in [0.05, 0.1) is 6.20 Å². The Morgan fingerprint density at radius 3 is 2.62 bits per heavy atom. The molecule has 0 saturated carbocycles. The van der Waals surface area contributed by atoms with E-state index in [4.69, 9.17) is 0 Å². The molecule has 0 saturated heterocycles. The van der Waals surface area contributed by atoms with Crippen molar-refractivity contribution >= 4 is 11.9 Å². The van der Waals surface area contributed by atoms with E-state index in [-0.39, 0.29) is 5.82 Å². The van der Waals surface area contributed by atoms with Crippen LogP contribution in [0.1, 0.15) is 11.1 Å². The molecule has 1 heterocycles. The van der Waals surface area contributed by atoms with Gasteiger partial charge in [0.1, 0.15) is 11.6 Å². The second-order valence-electron chi connectivity index (χ2n) is 3.07. The number of anilines is 1. The molecule has 0 fully saturated rings. The van der Waals surface area contributed by atoms with Crippen molar-refractivity contribution in [3.05, 3.63) is 29.7 Å². The number of nitrogens with zero attached hydrogens (tertiary/aromatic N) is 2. The van der Waals surface area contributed by atoms with E-state index >= 15 is 0 Å². The summed E-state index contributed by atoms with van der Waals surface area (Å²) in [5.41, 5.74) is 1.35. The lowest BCUT2D eigenvalue weighted by Gasteiger charge is -2.15. The van der Waals surface area contributed by atoms with E-state index in [0.29, 0.717) is 5.56 Å². The van der Waals surface area contributed by atoms with Gasteiger partial charge < -0.3 is 4.90 Å². The van der Waals surface area contributed by atoms with E-state index in [2.05, 4.69) is 11.6 Å². The quantitative estimate of drug-likeness (QED) is 0.693. The maximum atomic E-state index is 13.1.